The Bertz CT molecular complexity index is 419. The molecule has 1 aliphatic heterocycles. The SMILES string of the molecule is CC(C)C(C(N)c1ccccc1)N1CC(C)N(C)C(C)C1. The summed E-state index contributed by atoms with van der Waals surface area (Å²) in [5.74, 6) is 0.544. The molecule has 0 saturated carbocycles. The van der Waals surface area contributed by atoms with E-state index in [9.17, 15) is 0 Å². The van der Waals surface area contributed by atoms with Crippen molar-refractivity contribution in [2.75, 3.05) is 20.1 Å². The number of rotatable bonds is 4. The van der Waals surface area contributed by atoms with Crippen molar-refractivity contribution >= 4 is 0 Å². The monoisotopic (exact) mass is 289 g/mol. The Balaban J connectivity index is 2.19. The first-order chi connectivity index (χ1) is 9.91. The number of hydrogen-bond donors (Lipinski definition) is 1. The highest BCUT2D eigenvalue weighted by Crippen LogP contribution is 2.27. The molecule has 0 amide bonds. The van der Waals surface area contributed by atoms with Gasteiger partial charge < -0.3 is 5.73 Å². The van der Waals surface area contributed by atoms with Gasteiger partial charge in [0.05, 0.1) is 0 Å². The number of nitrogens with zero attached hydrogens (tertiary/aromatic N) is 2. The molecule has 1 aromatic rings. The molecule has 118 valence electrons. The summed E-state index contributed by atoms with van der Waals surface area (Å²) in [6.45, 7) is 11.4. The average molecular weight is 289 g/mol. The van der Waals surface area contributed by atoms with Crippen molar-refractivity contribution < 1.29 is 0 Å². The summed E-state index contributed by atoms with van der Waals surface area (Å²) >= 11 is 0. The predicted molar refractivity (Wildman–Crippen MR) is 90.3 cm³/mol. The smallest absolute Gasteiger partial charge is 0.0455 e. The van der Waals surface area contributed by atoms with E-state index >= 15 is 0 Å². The first-order valence-corrected chi connectivity index (χ1v) is 8.18. The third-order valence-electron chi connectivity index (χ3n) is 5.05. The van der Waals surface area contributed by atoms with Gasteiger partial charge in [0.15, 0.2) is 0 Å². The van der Waals surface area contributed by atoms with E-state index in [1.807, 2.05) is 0 Å². The summed E-state index contributed by atoms with van der Waals surface area (Å²) in [7, 11) is 2.23. The van der Waals surface area contributed by atoms with E-state index in [2.05, 4.69) is 74.9 Å². The van der Waals surface area contributed by atoms with Crippen LogP contribution in [0.2, 0.25) is 0 Å². The molecule has 1 aliphatic rings. The fraction of sp³-hybridized carbons (Fsp3) is 0.667. The molecule has 0 bridgehead atoms. The molecule has 3 nitrogen and oxygen atoms in total. The number of piperazine rings is 1. The van der Waals surface area contributed by atoms with Gasteiger partial charge in [0.25, 0.3) is 0 Å². The van der Waals surface area contributed by atoms with Crippen molar-refractivity contribution in [3.05, 3.63) is 35.9 Å². The largest absolute Gasteiger partial charge is 0.323 e. The standard InChI is InChI=1S/C18H31N3/c1-13(2)18(17(19)16-9-7-6-8-10-16)21-11-14(3)20(5)15(4)12-21/h6-10,13-15,17-18H,11-12,19H2,1-5H3. The molecule has 0 aliphatic carbocycles. The molecule has 2 rings (SSSR count). The van der Waals surface area contributed by atoms with Crippen molar-refractivity contribution in [3.63, 3.8) is 0 Å². The Morgan fingerprint density at radius 2 is 1.57 bits per heavy atom. The summed E-state index contributed by atoms with van der Waals surface area (Å²) in [5.41, 5.74) is 7.89. The lowest BCUT2D eigenvalue weighted by Gasteiger charge is -2.48. The second kappa shape index (κ2) is 6.91. The predicted octanol–water partition coefficient (Wildman–Crippen LogP) is 2.74. The molecule has 0 spiro atoms. The van der Waals surface area contributed by atoms with E-state index < -0.39 is 0 Å². The number of hydrogen-bond acceptors (Lipinski definition) is 3. The minimum absolute atomic E-state index is 0.0778. The maximum atomic E-state index is 6.64. The first kappa shape index (κ1) is 16.5. The lowest BCUT2D eigenvalue weighted by atomic mass is 9.89. The maximum Gasteiger partial charge on any atom is 0.0455 e. The second-order valence-electron chi connectivity index (χ2n) is 6.99. The lowest BCUT2D eigenvalue weighted by molar-refractivity contribution is 0.0122. The summed E-state index contributed by atoms with van der Waals surface area (Å²) in [6.07, 6.45) is 0. The normalized spacial score (nSPS) is 27.8. The Morgan fingerprint density at radius 3 is 2.05 bits per heavy atom. The molecule has 1 saturated heterocycles. The van der Waals surface area contributed by atoms with Crippen LogP contribution in [-0.2, 0) is 0 Å². The number of likely N-dealkylation sites (N-methyl/N-ethyl adjacent to an activating group) is 1. The van der Waals surface area contributed by atoms with E-state index in [-0.39, 0.29) is 6.04 Å². The van der Waals surface area contributed by atoms with Gasteiger partial charge in [-0.25, -0.2) is 0 Å². The molecule has 3 heteroatoms. The van der Waals surface area contributed by atoms with Crippen LogP contribution in [0.4, 0.5) is 0 Å². The van der Waals surface area contributed by atoms with Gasteiger partial charge in [-0.3, -0.25) is 9.80 Å². The molecular formula is C18H31N3. The number of benzene rings is 1. The van der Waals surface area contributed by atoms with E-state index in [4.69, 9.17) is 5.73 Å². The van der Waals surface area contributed by atoms with Gasteiger partial charge in [0.2, 0.25) is 0 Å². The van der Waals surface area contributed by atoms with Crippen molar-refractivity contribution in [3.8, 4) is 0 Å². The van der Waals surface area contributed by atoms with Crippen LogP contribution in [0.5, 0.6) is 0 Å². The van der Waals surface area contributed by atoms with E-state index in [1.54, 1.807) is 0 Å². The van der Waals surface area contributed by atoms with Crippen LogP contribution < -0.4 is 5.73 Å². The third kappa shape index (κ3) is 3.65. The molecule has 4 atom stereocenters. The van der Waals surface area contributed by atoms with Crippen LogP contribution in [0.1, 0.15) is 39.3 Å². The van der Waals surface area contributed by atoms with Crippen molar-refractivity contribution in [1.29, 1.82) is 0 Å². The topological polar surface area (TPSA) is 32.5 Å². The molecule has 2 N–H and O–H groups in total. The van der Waals surface area contributed by atoms with Gasteiger partial charge in [-0.2, -0.15) is 0 Å². The molecular weight excluding hydrogens is 258 g/mol. The van der Waals surface area contributed by atoms with Crippen LogP contribution in [0.15, 0.2) is 30.3 Å². The third-order valence-corrected chi connectivity index (χ3v) is 5.05. The summed E-state index contributed by atoms with van der Waals surface area (Å²) in [4.78, 5) is 5.08. The summed E-state index contributed by atoms with van der Waals surface area (Å²) < 4.78 is 0. The molecule has 1 fully saturated rings. The van der Waals surface area contributed by atoms with Crippen LogP contribution in [0, 0.1) is 5.92 Å². The Morgan fingerprint density at radius 1 is 1.05 bits per heavy atom. The van der Waals surface area contributed by atoms with Gasteiger partial charge in [-0.1, -0.05) is 44.2 Å². The van der Waals surface area contributed by atoms with Gasteiger partial charge >= 0.3 is 0 Å². The van der Waals surface area contributed by atoms with Crippen LogP contribution in [0.25, 0.3) is 0 Å². The lowest BCUT2D eigenvalue weighted by Crippen LogP contribution is -2.60. The Kier molecular flexibility index (Phi) is 5.42. The molecule has 0 radical (unpaired) electrons. The second-order valence-corrected chi connectivity index (χ2v) is 6.99. The highest BCUT2D eigenvalue weighted by molar-refractivity contribution is 5.20. The zero-order valence-electron chi connectivity index (χ0n) is 14.2. The average Bonchev–Trinajstić information content (AvgIpc) is 2.45. The molecule has 1 aromatic carbocycles. The van der Waals surface area contributed by atoms with E-state index in [0.717, 1.165) is 13.1 Å². The summed E-state index contributed by atoms with van der Waals surface area (Å²) in [6, 6.07) is 12.2. The maximum absolute atomic E-state index is 6.64. The van der Waals surface area contributed by atoms with Gasteiger partial charge in [-0.15, -0.1) is 0 Å². The first-order valence-electron chi connectivity index (χ1n) is 8.18. The zero-order chi connectivity index (χ0) is 15.6. The van der Waals surface area contributed by atoms with Gasteiger partial charge in [0, 0.05) is 37.3 Å². The van der Waals surface area contributed by atoms with E-state index in [0.29, 0.717) is 24.0 Å². The summed E-state index contributed by atoms with van der Waals surface area (Å²) in [5, 5.41) is 0. The Labute approximate surface area is 130 Å². The van der Waals surface area contributed by atoms with E-state index in [1.165, 1.54) is 5.56 Å². The van der Waals surface area contributed by atoms with Crippen LogP contribution in [0.3, 0.4) is 0 Å². The molecule has 4 unspecified atom stereocenters. The van der Waals surface area contributed by atoms with Crippen LogP contribution in [-0.4, -0.2) is 48.1 Å². The van der Waals surface area contributed by atoms with Gasteiger partial charge in [0.1, 0.15) is 0 Å². The van der Waals surface area contributed by atoms with Crippen molar-refractivity contribution in [1.82, 2.24) is 9.80 Å². The zero-order valence-corrected chi connectivity index (χ0v) is 14.2. The highest BCUT2D eigenvalue weighted by Gasteiger charge is 2.35. The molecule has 0 aromatic heterocycles. The number of nitrogens with two attached hydrogens (primary N) is 1. The minimum Gasteiger partial charge on any atom is -0.323 e. The molecule has 1 heterocycles. The van der Waals surface area contributed by atoms with Crippen molar-refractivity contribution in [2.24, 2.45) is 11.7 Å². The quantitative estimate of drug-likeness (QED) is 0.925. The minimum atomic E-state index is 0.0778. The van der Waals surface area contributed by atoms with Gasteiger partial charge in [-0.05, 0) is 32.4 Å². The fourth-order valence-electron chi connectivity index (χ4n) is 3.62. The van der Waals surface area contributed by atoms with Crippen LogP contribution >= 0.6 is 0 Å². The fourth-order valence-corrected chi connectivity index (χ4v) is 3.62. The van der Waals surface area contributed by atoms with Crippen molar-refractivity contribution in [2.45, 2.75) is 51.9 Å². The Hall–Kier alpha value is -0.900. The highest BCUT2D eigenvalue weighted by atomic mass is 15.3. The molecule has 21 heavy (non-hydrogen) atoms.